The Kier molecular flexibility index (Phi) is 4.18. The number of allylic oxidation sites excluding steroid dienone is 2. The van der Waals surface area contributed by atoms with Gasteiger partial charge in [-0.15, -0.1) is 0 Å². The normalized spacial score (nSPS) is 30.7. The Hall–Kier alpha value is -0.970. The first-order valence-corrected chi connectivity index (χ1v) is 9.80. The molecule has 1 aliphatic heterocycles. The van der Waals surface area contributed by atoms with Gasteiger partial charge in [-0.1, -0.05) is 12.2 Å². The van der Waals surface area contributed by atoms with Gasteiger partial charge in [0.1, 0.15) is 5.75 Å². The maximum atomic E-state index is 12.6. The highest BCUT2D eigenvalue weighted by atomic mass is 127. The second-order valence-electron chi connectivity index (χ2n) is 6.25. The molecule has 1 saturated carbocycles. The second-order valence-corrected chi connectivity index (χ2v) is 8.57. The van der Waals surface area contributed by atoms with Gasteiger partial charge in [-0.05, 0) is 81.1 Å². The summed E-state index contributed by atoms with van der Waals surface area (Å²) in [6.45, 7) is 0. The van der Waals surface area contributed by atoms with Crippen LogP contribution in [0.4, 0.5) is 0 Å². The summed E-state index contributed by atoms with van der Waals surface area (Å²) < 4.78 is 7.26. The number of halogens is 2. The lowest BCUT2D eigenvalue weighted by Crippen LogP contribution is -2.28. The average Bonchev–Trinajstić information content (AvgIpc) is 3.20. The summed E-state index contributed by atoms with van der Waals surface area (Å²) in [4.78, 5) is 25.2. The van der Waals surface area contributed by atoms with E-state index in [1.165, 1.54) is 0 Å². The molecule has 4 atom stereocenters. The minimum absolute atomic E-state index is 0.156. The number of hydrogen-bond donors (Lipinski definition) is 0. The Labute approximate surface area is 166 Å². The first-order valence-electron chi connectivity index (χ1n) is 7.64. The van der Waals surface area contributed by atoms with Gasteiger partial charge in [0.15, 0.2) is 0 Å². The van der Waals surface area contributed by atoms with Gasteiger partial charge in [0.2, 0.25) is 0 Å². The lowest BCUT2D eigenvalue weighted by atomic mass is 9.85. The molecule has 2 aliphatic carbocycles. The predicted octanol–water partition coefficient (Wildman–Crippen LogP) is 3.05. The highest BCUT2D eigenvalue weighted by molar-refractivity contribution is 14.1. The highest BCUT2D eigenvalue weighted by Gasteiger charge is 2.59. The number of hydrogen-bond acceptors (Lipinski definition) is 4. The number of amides is 2. The topological polar surface area (TPSA) is 59.0 Å². The first-order chi connectivity index (χ1) is 11.5. The van der Waals surface area contributed by atoms with E-state index in [4.69, 9.17) is 4.74 Å². The molecule has 0 N–H and O–H groups in total. The lowest BCUT2D eigenvalue weighted by molar-refractivity contribution is -0.140. The molecule has 124 valence electrons. The van der Waals surface area contributed by atoms with E-state index in [1.807, 2.05) is 12.1 Å². The Morgan fingerprint density at radius 2 is 1.67 bits per heavy atom. The molecule has 0 aromatic heterocycles. The van der Waals surface area contributed by atoms with Crippen molar-refractivity contribution >= 4 is 63.2 Å². The Bertz CT molecular complexity index is 752. The third kappa shape index (κ3) is 2.42. The maximum Gasteiger partial charge on any atom is 0.254 e. The molecular weight excluding hydrogens is 534 g/mol. The molecule has 1 aromatic rings. The third-order valence-electron chi connectivity index (χ3n) is 4.99. The molecule has 0 spiro atoms. The van der Waals surface area contributed by atoms with E-state index < -0.39 is 0 Å². The number of carbonyl (C=O) groups excluding carboxylic acids is 2. The smallest absolute Gasteiger partial charge is 0.254 e. The van der Waals surface area contributed by atoms with Crippen molar-refractivity contribution in [2.45, 2.75) is 6.42 Å². The van der Waals surface area contributed by atoms with Gasteiger partial charge >= 0.3 is 0 Å². The summed E-state index contributed by atoms with van der Waals surface area (Å²) in [6.07, 6.45) is 6.67. The fourth-order valence-electron chi connectivity index (χ4n) is 3.97. The van der Waals surface area contributed by atoms with E-state index in [-0.39, 0.29) is 35.5 Å². The molecule has 4 rings (SSSR count). The number of hydrazone groups is 1. The maximum absolute atomic E-state index is 12.6. The number of rotatable bonds is 3. The molecule has 1 heterocycles. The largest absolute Gasteiger partial charge is 0.495 e. The van der Waals surface area contributed by atoms with Crippen molar-refractivity contribution in [2.24, 2.45) is 28.8 Å². The monoisotopic (exact) mass is 548 g/mol. The zero-order valence-corrected chi connectivity index (χ0v) is 17.1. The van der Waals surface area contributed by atoms with Crippen molar-refractivity contribution in [3.8, 4) is 5.75 Å². The van der Waals surface area contributed by atoms with Crippen LogP contribution in [-0.2, 0) is 9.59 Å². The number of methoxy groups -OCH3 is 1. The number of imide groups is 1. The van der Waals surface area contributed by atoms with E-state index in [9.17, 15) is 9.59 Å². The van der Waals surface area contributed by atoms with Crippen molar-refractivity contribution in [2.75, 3.05) is 7.11 Å². The molecule has 2 amide bonds. The summed E-state index contributed by atoms with van der Waals surface area (Å²) in [5.74, 6) is 0.506. The fraction of sp³-hybridized carbons (Fsp3) is 0.353. The van der Waals surface area contributed by atoms with Crippen molar-refractivity contribution in [3.05, 3.63) is 37.0 Å². The van der Waals surface area contributed by atoms with E-state index in [2.05, 4.69) is 62.4 Å². The average molecular weight is 548 g/mol. The van der Waals surface area contributed by atoms with Crippen LogP contribution in [0.2, 0.25) is 0 Å². The molecule has 5 nitrogen and oxygen atoms in total. The van der Waals surface area contributed by atoms with Gasteiger partial charge in [-0.3, -0.25) is 9.59 Å². The third-order valence-corrected chi connectivity index (χ3v) is 6.60. The minimum atomic E-state index is -0.208. The zero-order valence-electron chi connectivity index (χ0n) is 12.8. The van der Waals surface area contributed by atoms with Crippen LogP contribution in [0.1, 0.15) is 12.0 Å². The molecular formula is C17H14I2N2O3. The van der Waals surface area contributed by atoms with Crippen LogP contribution in [0.3, 0.4) is 0 Å². The van der Waals surface area contributed by atoms with Crippen LogP contribution < -0.4 is 4.74 Å². The Morgan fingerprint density at radius 3 is 2.17 bits per heavy atom. The number of ether oxygens (including phenoxy) is 1. The van der Waals surface area contributed by atoms with E-state index in [0.717, 1.165) is 29.9 Å². The first kappa shape index (κ1) is 16.5. The van der Waals surface area contributed by atoms with Crippen LogP contribution in [0.5, 0.6) is 5.75 Å². The van der Waals surface area contributed by atoms with Gasteiger partial charge in [-0.2, -0.15) is 10.1 Å². The van der Waals surface area contributed by atoms with E-state index in [0.29, 0.717) is 0 Å². The van der Waals surface area contributed by atoms with Gasteiger partial charge in [0.25, 0.3) is 11.8 Å². The predicted molar refractivity (Wildman–Crippen MR) is 106 cm³/mol. The van der Waals surface area contributed by atoms with Crippen molar-refractivity contribution < 1.29 is 14.3 Å². The summed E-state index contributed by atoms with van der Waals surface area (Å²) in [5.41, 5.74) is 0.836. The lowest BCUT2D eigenvalue weighted by Gasteiger charge is -2.13. The molecule has 3 aliphatic rings. The summed E-state index contributed by atoms with van der Waals surface area (Å²) in [6, 6.07) is 3.84. The van der Waals surface area contributed by atoms with Crippen molar-refractivity contribution in [3.63, 3.8) is 0 Å². The molecule has 24 heavy (non-hydrogen) atoms. The van der Waals surface area contributed by atoms with Gasteiger partial charge in [0, 0.05) is 0 Å². The van der Waals surface area contributed by atoms with Gasteiger partial charge in [0.05, 0.1) is 32.3 Å². The molecule has 1 aromatic carbocycles. The Balaban J connectivity index is 1.59. The van der Waals surface area contributed by atoms with Crippen LogP contribution in [0, 0.1) is 30.8 Å². The summed E-state index contributed by atoms with van der Waals surface area (Å²) in [5, 5.41) is 5.28. The van der Waals surface area contributed by atoms with Crippen LogP contribution >= 0.6 is 45.2 Å². The number of fused-ring (bicyclic) bond motifs is 5. The molecule has 2 bridgehead atoms. The van der Waals surface area contributed by atoms with Gasteiger partial charge < -0.3 is 4.74 Å². The van der Waals surface area contributed by atoms with E-state index in [1.54, 1.807) is 13.3 Å². The summed E-state index contributed by atoms with van der Waals surface area (Å²) in [7, 11) is 1.63. The van der Waals surface area contributed by atoms with E-state index >= 15 is 0 Å². The fourth-order valence-corrected chi connectivity index (χ4v) is 6.23. The van der Waals surface area contributed by atoms with Crippen molar-refractivity contribution in [1.29, 1.82) is 0 Å². The van der Waals surface area contributed by atoms with Gasteiger partial charge in [-0.25, -0.2) is 0 Å². The summed E-state index contributed by atoms with van der Waals surface area (Å²) >= 11 is 4.39. The second kappa shape index (κ2) is 6.08. The molecule has 0 unspecified atom stereocenters. The Morgan fingerprint density at radius 1 is 1.12 bits per heavy atom. The zero-order chi connectivity index (χ0) is 17.0. The minimum Gasteiger partial charge on any atom is -0.495 e. The number of carbonyl (C=O) groups is 2. The molecule has 1 saturated heterocycles. The molecule has 7 heteroatoms. The standard InChI is InChI=1S/C17H14I2N2O3/c1-24-15-11(18)4-8(5-12(15)19)7-20-21-16(22)13-9-2-3-10(6-9)14(13)17(21)23/h2-5,7,9-10,13-14H,6H2,1H3/t9-,10-,13-,14+/m0/s1. The SMILES string of the molecule is COc1c(I)cc(C=NN2C(=O)[C@@H]3[C@H](C2=O)[C@H]2C=C[C@H]3C2)cc1I. The van der Waals surface area contributed by atoms with Crippen LogP contribution in [-0.4, -0.2) is 30.1 Å². The number of benzene rings is 1. The quantitative estimate of drug-likeness (QED) is 0.253. The van der Waals surface area contributed by atoms with Crippen molar-refractivity contribution in [1.82, 2.24) is 5.01 Å². The highest BCUT2D eigenvalue weighted by Crippen LogP contribution is 2.52. The van der Waals surface area contributed by atoms with Crippen LogP contribution in [0.15, 0.2) is 29.4 Å². The number of nitrogens with zero attached hydrogens (tertiary/aromatic N) is 2. The van der Waals surface area contributed by atoms with Crippen LogP contribution in [0.25, 0.3) is 0 Å². The molecule has 2 fully saturated rings. The molecule has 0 radical (unpaired) electrons.